The van der Waals surface area contributed by atoms with Crippen LogP contribution >= 0.6 is 23.2 Å². The van der Waals surface area contributed by atoms with Crippen LogP contribution in [0.4, 0.5) is 11.4 Å². The predicted molar refractivity (Wildman–Crippen MR) is 115 cm³/mol. The molecule has 8 nitrogen and oxygen atoms in total. The minimum Gasteiger partial charge on any atom is -0.340 e. The maximum absolute atomic E-state index is 12.5. The first kappa shape index (κ1) is 22.0. The minimum atomic E-state index is -0.600. The fourth-order valence-corrected chi connectivity index (χ4v) is 3.59. The van der Waals surface area contributed by atoms with E-state index in [1.54, 1.807) is 11.0 Å². The molecule has 0 aromatic heterocycles. The molecule has 10 heteroatoms. The molecule has 0 saturated carbocycles. The third kappa shape index (κ3) is 5.69. The van der Waals surface area contributed by atoms with Crippen LogP contribution in [-0.4, -0.2) is 59.3 Å². The van der Waals surface area contributed by atoms with Gasteiger partial charge in [0.2, 0.25) is 11.8 Å². The topological polar surface area (TPSA) is 95.8 Å². The van der Waals surface area contributed by atoms with Gasteiger partial charge in [-0.3, -0.25) is 24.6 Å². The molecule has 0 aliphatic carbocycles. The van der Waals surface area contributed by atoms with Gasteiger partial charge in [-0.15, -0.1) is 0 Å². The number of benzene rings is 2. The van der Waals surface area contributed by atoms with E-state index in [1.165, 1.54) is 18.2 Å². The number of hydrogen-bond donors (Lipinski definition) is 1. The molecule has 0 atom stereocenters. The summed E-state index contributed by atoms with van der Waals surface area (Å²) < 4.78 is 0. The van der Waals surface area contributed by atoms with Crippen LogP contribution < -0.4 is 5.32 Å². The number of nitro groups is 1. The van der Waals surface area contributed by atoms with Crippen molar-refractivity contribution in [3.05, 3.63) is 68.2 Å². The molecule has 1 fully saturated rings. The van der Waals surface area contributed by atoms with Crippen LogP contribution in [0.25, 0.3) is 0 Å². The third-order valence-corrected chi connectivity index (χ3v) is 5.51. The van der Waals surface area contributed by atoms with Crippen LogP contribution in [0.5, 0.6) is 0 Å². The largest absolute Gasteiger partial charge is 0.340 e. The van der Waals surface area contributed by atoms with Crippen molar-refractivity contribution >= 4 is 46.4 Å². The summed E-state index contributed by atoms with van der Waals surface area (Å²) in [7, 11) is 0. The number of carbonyl (C=O) groups is 2. The summed E-state index contributed by atoms with van der Waals surface area (Å²) in [4.78, 5) is 38.8. The molecule has 0 bridgehead atoms. The molecule has 2 amide bonds. The minimum absolute atomic E-state index is 0.000625. The number of piperazine rings is 1. The first-order valence-electron chi connectivity index (χ1n) is 9.31. The quantitative estimate of drug-likeness (QED) is 0.538. The molecular formula is C20H20Cl2N4O4. The highest BCUT2D eigenvalue weighted by Crippen LogP contribution is 2.27. The Bertz CT molecular complexity index is 962. The molecule has 2 aromatic carbocycles. The molecule has 158 valence electrons. The van der Waals surface area contributed by atoms with E-state index in [2.05, 4.69) is 5.32 Å². The first-order valence-corrected chi connectivity index (χ1v) is 10.1. The predicted octanol–water partition coefficient (Wildman–Crippen LogP) is 3.23. The van der Waals surface area contributed by atoms with Crippen molar-refractivity contribution in [3.8, 4) is 0 Å². The Labute approximate surface area is 183 Å². The average Bonchev–Trinajstić information content (AvgIpc) is 2.71. The Morgan fingerprint density at radius 2 is 1.73 bits per heavy atom. The van der Waals surface area contributed by atoms with E-state index < -0.39 is 4.92 Å². The standard InChI is InChI=1S/C20H20Cl2N4O4/c21-16-4-2-1-3-14(16)11-20(28)25-9-7-24(8-10-25)13-19(27)23-15-5-6-17(22)18(12-15)26(29)30/h1-6,12H,7-11,13H2,(H,23,27). The molecule has 1 aliphatic heterocycles. The van der Waals surface area contributed by atoms with Crippen LogP contribution in [0.3, 0.4) is 0 Å². The zero-order valence-corrected chi connectivity index (χ0v) is 17.5. The van der Waals surface area contributed by atoms with Crippen LogP contribution in [0, 0.1) is 10.1 Å². The third-order valence-electron chi connectivity index (χ3n) is 4.82. The maximum Gasteiger partial charge on any atom is 0.289 e. The van der Waals surface area contributed by atoms with Crippen LogP contribution in [0.1, 0.15) is 5.56 Å². The normalized spacial score (nSPS) is 14.4. The van der Waals surface area contributed by atoms with Gasteiger partial charge in [0.05, 0.1) is 17.9 Å². The fraction of sp³-hybridized carbons (Fsp3) is 0.300. The number of hydrogen-bond acceptors (Lipinski definition) is 5. The highest BCUT2D eigenvalue weighted by Gasteiger charge is 2.23. The van der Waals surface area contributed by atoms with Gasteiger partial charge in [-0.2, -0.15) is 0 Å². The Morgan fingerprint density at radius 3 is 2.40 bits per heavy atom. The van der Waals surface area contributed by atoms with Crippen LogP contribution in [0.15, 0.2) is 42.5 Å². The molecule has 1 aliphatic rings. The van der Waals surface area contributed by atoms with Crippen molar-refractivity contribution in [2.45, 2.75) is 6.42 Å². The van der Waals surface area contributed by atoms with Gasteiger partial charge < -0.3 is 10.2 Å². The van der Waals surface area contributed by atoms with Gasteiger partial charge in [0.15, 0.2) is 0 Å². The van der Waals surface area contributed by atoms with Crippen LogP contribution in [0.2, 0.25) is 10.0 Å². The number of nitrogens with zero attached hydrogens (tertiary/aromatic N) is 3. The Balaban J connectivity index is 1.48. The Hall–Kier alpha value is -2.68. The molecule has 1 heterocycles. The molecular weight excluding hydrogens is 431 g/mol. The zero-order valence-electron chi connectivity index (χ0n) is 16.0. The lowest BCUT2D eigenvalue weighted by molar-refractivity contribution is -0.384. The van der Waals surface area contributed by atoms with Crippen molar-refractivity contribution in [2.75, 3.05) is 38.0 Å². The smallest absolute Gasteiger partial charge is 0.289 e. The molecule has 0 unspecified atom stereocenters. The number of amides is 2. The maximum atomic E-state index is 12.5. The monoisotopic (exact) mass is 450 g/mol. The average molecular weight is 451 g/mol. The van der Waals surface area contributed by atoms with E-state index in [9.17, 15) is 19.7 Å². The van der Waals surface area contributed by atoms with Crippen molar-refractivity contribution in [1.82, 2.24) is 9.80 Å². The summed E-state index contributed by atoms with van der Waals surface area (Å²) in [5.74, 6) is -0.289. The second-order valence-corrected chi connectivity index (χ2v) is 7.71. The lowest BCUT2D eigenvalue weighted by Crippen LogP contribution is -2.50. The van der Waals surface area contributed by atoms with Crippen LogP contribution in [-0.2, 0) is 16.0 Å². The number of halogens is 2. The van der Waals surface area contributed by atoms with E-state index in [4.69, 9.17) is 23.2 Å². The second-order valence-electron chi connectivity index (χ2n) is 6.90. The SMILES string of the molecule is O=C(CN1CCN(C(=O)Cc2ccccc2Cl)CC1)Nc1ccc(Cl)c([N+](=O)[O-])c1. The molecule has 30 heavy (non-hydrogen) atoms. The van der Waals surface area contributed by atoms with Gasteiger partial charge in [-0.1, -0.05) is 41.4 Å². The molecule has 0 radical (unpaired) electrons. The second kappa shape index (κ2) is 9.88. The Morgan fingerprint density at radius 1 is 1.03 bits per heavy atom. The van der Waals surface area contributed by atoms with E-state index in [-0.39, 0.29) is 35.5 Å². The lowest BCUT2D eigenvalue weighted by Gasteiger charge is -2.34. The number of anilines is 1. The van der Waals surface area contributed by atoms with E-state index in [0.29, 0.717) is 36.9 Å². The molecule has 1 N–H and O–H groups in total. The molecule has 3 rings (SSSR count). The summed E-state index contributed by atoms with van der Waals surface area (Å²) in [6.07, 6.45) is 0.246. The summed E-state index contributed by atoms with van der Waals surface area (Å²) in [5, 5.41) is 14.2. The van der Waals surface area contributed by atoms with Crippen molar-refractivity contribution in [1.29, 1.82) is 0 Å². The summed E-state index contributed by atoms with van der Waals surface area (Å²) in [5.41, 5.74) is 0.841. The van der Waals surface area contributed by atoms with Gasteiger partial charge >= 0.3 is 0 Å². The van der Waals surface area contributed by atoms with E-state index in [0.717, 1.165) is 5.56 Å². The van der Waals surface area contributed by atoms with Gasteiger partial charge in [0, 0.05) is 43.0 Å². The van der Waals surface area contributed by atoms with Gasteiger partial charge in [-0.25, -0.2) is 0 Å². The number of nitrogens with one attached hydrogen (secondary N) is 1. The Kier molecular flexibility index (Phi) is 7.25. The summed E-state index contributed by atoms with van der Waals surface area (Å²) in [6.45, 7) is 2.28. The molecule has 2 aromatic rings. The number of carbonyl (C=O) groups excluding carboxylic acids is 2. The van der Waals surface area contributed by atoms with Crippen molar-refractivity contribution < 1.29 is 14.5 Å². The molecule has 1 saturated heterocycles. The van der Waals surface area contributed by atoms with E-state index >= 15 is 0 Å². The van der Waals surface area contributed by atoms with Crippen molar-refractivity contribution in [2.24, 2.45) is 0 Å². The highest BCUT2D eigenvalue weighted by atomic mass is 35.5. The fourth-order valence-electron chi connectivity index (χ4n) is 3.21. The highest BCUT2D eigenvalue weighted by molar-refractivity contribution is 6.32. The summed E-state index contributed by atoms with van der Waals surface area (Å²) >= 11 is 11.9. The van der Waals surface area contributed by atoms with Gasteiger partial charge in [-0.05, 0) is 23.8 Å². The lowest BCUT2D eigenvalue weighted by atomic mass is 10.1. The van der Waals surface area contributed by atoms with E-state index in [1.807, 2.05) is 23.1 Å². The number of nitro benzene ring substituents is 1. The van der Waals surface area contributed by atoms with Gasteiger partial charge in [0.1, 0.15) is 5.02 Å². The van der Waals surface area contributed by atoms with Crippen molar-refractivity contribution in [3.63, 3.8) is 0 Å². The first-order chi connectivity index (χ1) is 14.3. The summed E-state index contributed by atoms with van der Waals surface area (Å²) in [6, 6.07) is 11.4. The molecule has 0 spiro atoms. The van der Waals surface area contributed by atoms with Gasteiger partial charge in [0.25, 0.3) is 5.69 Å². The zero-order chi connectivity index (χ0) is 21.7. The number of rotatable bonds is 6.